The van der Waals surface area contributed by atoms with E-state index in [4.69, 9.17) is 9.90 Å². The third-order valence-corrected chi connectivity index (χ3v) is 0. The summed E-state index contributed by atoms with van der Waals surface area (Å²) in [5, 5.41) is 6.89. The van der Waals surface area contributed by atoms with Crippen molar-refractivity contribution in [3.63, 3.8) is 0 Å². The molecule has 0 bridgehead atoms. The summed E-state index contributed by atoms with van der Waals surface area (Å²) in [6.07, 6.45) is 0. The lowest BCUT2D eigenvalue weighted by Crippen LogP contribution is -1.49. The second-order valence-corrected chi connectivity index (χ2v) is 0.105. The Balaban J connectivity index is -0.00000000667. The van der Waals surface area contributed by atoms with Gasteiger partial charge < -0.3 is 21.5 Å². The van der Waals surface area contributed by atoms with Crippen molar-refractivity contribution in [3.8, 4) is 0 Å². The first-order chi connectivity index (χ1) is 1.41. The zero-order valence-corrected chi connectivity index (χ0v) is 2.93. The molecule has 0 aromatic heterocycles. The van der Waals surface area contributed by atoms with E-state index in [2.05, 4.69) is 0 Å². The largest absolute Gasteiger partial charge is 0.483 e. The van der Waals surface area contributed by atoms with Crippen LogP contribution in [0.2, 0.25) is 0 Å². The summed E-state index contributed by atoms with van der Waals surface area (Å²) in [6.45, 7) is -0.250. The summed E-state index contributed by atoms with van der Waals surface area (Å²) in [5.41, 5.74) is 0. The second kappa shape index (κ2) is 399. The van der Waals surface area contributed by atoms with E-state index in [1.165, 1.54) is 0 Å². The smallest absolute Gasteiger partial charge is 0.290 e. The summed E-state index contributed by atoms with van der Waals surface area (Å²) < 4.78 is 0. The van der Waals surface area contributed by atoms with E-state index >= 15 is 0 Å². The van der Waals surface area contributed by atoms with Crippen molar-refractivity contribution < 1.29 is 26.3 Å². The highest BCUT2D eigenvalue weighted by molar-refractivity contribution is 5.32. The molecular weight excluding hydrogens is 92.0 g/mol. The minimum atomic E-state index is -0.250. The highest BCUT2D eigenvalue weighted by Crippen LogP contribution is 0.966. The number of hydrogen-bond acceptors (Lipinski definition) is 1. The van der Waals surface area contributed by atoms with Crippen molar-refractivity contribution in [3.05, 3.63) is 0 Å². The van der Waals surface area contributed by atoms with Gasteiger partial charge in [-0.2, -0.15) is 0 Å². The molecule has 0 saturated heterocycles. The zero-order chi connectivity index (χ0) is 2.71. The Morgan fingerprint density at radius 1 is 1.17 bits per heavy atom. The summed E-state index contributed by atoms with van der Waals surface area (Å²) in [7, 11) is 0. The molecule has 0 heterocycles. The molecule has 5 nitrogen and oxygen atoms in total. The predicted molar refractivity (Wildman–Crippen MR) is 19.5 cm³/mol. The minimum Gasteiger partial charge on any atom is -0.483 e. The van der Waals surface area contributed by atoms with Crippen molar-refractivity contribution in [2.24, 2.45) is 0 Å². The maximum atomic E-state index is 8.36. The van der Waals surface area contributed by atoms with Crippen molar-refractivity contribution in [1.82, 2.24) is 0 Å². The van der Waals surface area contributed by atoms with Gasteiger partial charge in [-0.15, -0.1) is 0 Å². The normalized spacial score (nSPS) is 2.00. The fraction of sp³-hybridized carbons (Fsp3) is 0. The van der Waals surface area contributed by atoms with E-state index in [1.807, 2.05) is 0 Å². The Labute approximate surface area is 34.1 Å². The van der Waals surface area contributed by atoms with Crippen LogP contribution >= 0.6 is 0 Å². The number of carbonyl (C=O) groups is 1. The summed E-state index contributed by atoms with van der Waals surface area (Å²) >= 11 is 0. The van der Waals surface area contributed by atoms with Crippen molar-refractivity contribution in [1.29, 1.82) is 0 Å². The fourth-order valence-electron chi connectivity index (χ4n) is 0. The molecule has 5 heteroatoms. The van der Waals surface area contributed by atoms with Gasteiger partial charge in [0.05, 0.1) is 0 Å². The highest BCUT2D eigenvalue weighted by atomic mass is 16.3. The van der Waals surface area contributed by atoms with E-state index in [9.17, 15) is 0 Å². The van der Waals surface area contributed by atoms with Gasteiger partial charge in [-0.05, 0) is 0 Å². The lowest BCUT2D eigenvalue weighted by molar-refractivity contribution is -0.122. The molecule has 0 aliphatic heterocycles. The molecule has 6 heavy (non-hydrogen) atoms. The average Bonchev–Trinajstić information content (AvgIpc) is 0.918. The molecule has 0 rings (SSSR count). The van der Waals surface area contributed by atoms with Gasteiger partial charge in [0.1, 0.15) is 0 Å². The lowest BCUT2D eigenvalue weighted by atomic mass is 11.7. The molecule has 7 N–H and O–H groups in total. The van der Waals surface area contributed by atoms with Crippen LogP contribution in [0.15, 0.2) is 0 Å². The van der Waals surface area contributed by atoms with E-state index in [1.54, 1.807) is 0 Å². The Morgan fingerprint density at radius 3 is 1.17 bits per heavy atom. The Bertz CT molecular complexity index is 11.4. The molecular formula is CH8O5. The molecule has 0 unspecified atom stereocenters. The second-order valence-electron chi connectivity index (χ2n) is 0.105. The van der Waals surface area contributed by atoms with Crippen LogP contribution in [0, 0.1) is 0 Å². The first-order valence-electron chi connectivity index (χ1n) is 0.494. The Hall–Kier alpha value is -0.650. The zero-order valence-electron chi connectivity index (χ0n) is 2.93. The molecule has 0 radical (unpaired) electrons. The van der Waals surface area contributed by atoms with Crippen LogP contribution in [-0.2, 0) is 4.79 Å². The molecule has 0 amide bonds. The molecule has 0 aliphatic rings. The lowest BCUT2D eigenvalue weighted by Gasteiger charge is -1.34. The number of rotatable bonds is 0. The number of carboxylic acid groups (broad SMARTS) is 1. The van der Waals surface area contributed by atoms with Gasteiger partial charge in [0.2, 0.25) is 0 Å². The predicted octanol–water partition coefficient (Wildman–Crippen LogP) is -2.77. The van der Waals surface area contributed by atoms with E-state index in [-0.39, 0.29) is 22.9 Å². The van der Waals surface area contributed by atoms with Gasteiger partial charge in [-0.1, -0.05) is 0 Å². The van der Waals surface area contributed by atoms with Gasteiger partial charge >= 0.3 is 0 Å². The van der Waals surface area contributed by atoms with Crippen molar-refractivity contribution in [2.45, 2.75) is 0 Å². The highest BCUT2D eigenvalue weighted by Gasteiger charge is 1.22. The molecule has 0 aromatic carbocycles. The van der Waals surface area contributed by atoms with Crippen LogP contribution in [0.5, 0.6) is 0 Å². The van der Waals surface area contributed by atoms with Crippen LogP contribution in [0.1, 0.15) is 0 Å². The summed E-state index contributed by atoms with van der Waals surface area (Å²) in [4.78, 5) is 8.36. The first kappa shape index (κ1) is 55.5. The van der Waals surface area contributed by atoms with Crippen molar-refractivity contribution >= 4 is 6.47 Å². The monoisotopic (exact) mass is 100 g/mol. The Morgan fingerprint density at radius 2 is 1.17 bits per heavy atom. The molecule has 0 aromatic rings. The summed E-state index contributed by atoms with van der Waals surface area (Å²) in [6, 6.07) is 0. The quantitative estimate of drug-likeness (QED) is 0.330. The van der Waals surface area contributed by atoms with Crippen molar-refractivity contribution in [2.75, 3.05) is 0 Å². The Kier molecular flexibility index (Phi) is 3690. The van der Waals surface area contributed by atoms with E-state index < -0.39 is 0 Å². The maximum absolute atomic E-state index is 8.36. The molecule has 0 saturated carbocycles. The minimum absolute atomic E-state index is 0. The van der Waals surface area contributed by atoms with E-state index in [0.717, 1.165) is 0 Å². The fourth-order valence-corrected chi connectivity index (χ4v) is 0. The van der Waals surface area contributed by atoms with Gasteiger partial charge in [-0.25, -0.2) is 0 Å². The molecule has 0 atom stereocenters. The summed E-state index contributed by atoms with van der Waals surface area (Å²) in [5.74, 6) is 0. The first-order valence-corrected chi connectivity index (χ1v) is 0.494. The van der Waals surface area contributed by atoms with Crippen LogP contribution in [0.4, 0.5) is 0 Å². The number of hydrogen-bond donors (Lipinski definition) is 1. The van der Waals surface area contributed by atoms with Gasteiger partial charge in [0.15, 0.2) is 0 Å². The van der Waals surface area contributed by atoms with Gasteiger partial charge in [-0.3, -0.25) is 4.79 Å². The van der Waals surface area contributed by atoms with Crippen LogP contribution in [-0.4, -0.2) is 28.0 Å². The maximum Gasteiger partial charge on any atom is 0.290 e. The van der Waals surface area contributed by atoms with Gasteiger partial charge in [0, 0.05) is 0 Å². The van der Waals surface area contributed by atoms with E-state index in [0.29, 0.717) is 0 Å². The third-order valence-electron chi connectivity index (χ3n) is 0. The van der Waals surface area contributed by atoms with Crippen LogP contribution in [0.3, 0.4) is 0 Å². The third kappa shape index (κ3) is 43.8. The van der Waals surface area contributed by atoms with Crippen LogP contribution in [0.25, 0.3) is 0 Å². The molecule has 0 spiro atoms. The average molecular weight is 100 g/mol. The topological polar surface area (TPSA) is 132 Å². The SMILES string of the molecule is O.O.O.O=CO. The standard InChI is InChI=1S/CH2O2.3H2O/c2-1-3;;;/h1H,(H,2,3);3*1H2. The molecule has 42 valence electrons. The van der Waals surface area contributed by atoms with Gasteiger partial charge in [0.25, 0.3) is 6.47 Å². The molecule has 0 fully saturated rings. The van der Waals surface area contributed by atoms with Crippen LogP contribution < -0.4 is 0 Å². The molecule has 0 aliphatic carbocycles.